The van der Waals surface area contributed by atoms with Gasteiger partial charge in [-0.2, -0.15) is 0 Å². The Kier molecular flexibility index (Phi) is 6.16. The van der Waals surface area contributed by atoms with Crippen LogP contribution in [0.1, 0.15) is 11.4 Å². The van der Waals surface area contributed by atoms with Crippen molar-refractivity contribution in [2.24, 2.45) is 0 Å². The molecule has 0 spiro atoms. The zero-order valence-electron chi connectivity index (χ0n) is 16.4. The van der Waals surface area contributed by atoms with Crippen molar-refractivity contribution in [3.05, 3.63) is 59.9 Å². The maximum Gasteiger partial charge on any atom is 0.162 e. The number of benzene rings is 2. The van der Waals surface area contributed by atoms with Gasteiger partial charge in [-0.3, -0.25) is 0 Å². The van der Waals surface area contributed by atoms with Crippen molar-refractivity contribution >= 4 is 17.3 Å². The lowest BCUT2D eigenvalue weighted by Crippen LogP contribution is -2.06. The number of methoxy groups -OCH3 is 3. The molecule has 0 radical (unpaired) electrons. The Morgan fingerprint density at radius 3 is 2.25 bits per heavy atom. The minimum Gasteiger partial charge on any atom is -0.496 e. The Bertz CT molecular complexity index is 947. The third-order valence-electron chi connectivity index (χ3n) is 4.15. The Morgan fingerprint density at radius 1 is 0.786 bits per heavy atom. The summed E-state index contributed by atoms with van der Waals surface area (Å²) in [4.78, 5) is 8.92. The van der Waals surface area contributed by atoms with E-state index in [1.165, 1.54) is 0 Å². The van der Waals surface area contributed by atoms with Gasteiger partial charge in [0.2, 0.25) is 0 Å². The van der Waals surface area contributed by atoms with Crippen molar-refractivity contribution in [3.8, 4) is 17.2 Å². The number of nitrogens with one attached hydrogen (secondary N) is 2. The van der Waals surface area contributed by atoms with E-state index in [1.54, 1.807) is 21.3 Å². The SMILES string of the molecule is COc1ccccc1CNc1cc(Nc2ccc(OC)c(OC)c2)nc(C)n1. The van der Waals surface area contributed by atoms with Gasteiger partial charge in [-0.1, -0.05) is 18.2 Å². The topological polar surface area (TPSA) is 77.5 Å². The summed E-state index contributed by atoms with van der Waals surface area (Å²) < 4.78 is 16.0. The summed E-state index contributed by atoms with van der Waals surface area (Å²) >= 11 is 0. The largest absolute Gasteiger partial charge is 0.496 e. The summed E-state index contributed by atoms with van der Waals surface area (Å²) in [5.41, 5.74) is 1.89. The van der Waals surface area contributed by atoms with Crippen LogP contribution in [-0.4, -0.2) is 31.3 Å². The number of nitrogens with zero attached hydrogens (tertiary/aromatic N) is 2. The van der Waals surface area contributed by atoms with E-state index < -0.39 is 0 Å². The first kappa shape index (κ1) is 19.3. The maximum atomic E-state index is 5.39. The summed E-state index contributed by atoms with van der Waals surface area (Å²) in [6.07, 6.45) is 0. The molecule has 0 saturated carbocycles. The van der Waals surface area contributed by atoms with Crippen molar-refractivity contribution in [1.82, 2.24) is 9.97 Å². The summed E-state index contributed by atoms with van der Waals surface area (Å²) in [5.74, 6) is 4.22. The van der Waals surface area contributed by atoms with Crippen molar-refractivity contribution < 1.29 is 14.2 Å². The van der Waals surface area contributed by atoms with E-state index in [1.807, 2.05) is 55.5 Å². The van der Waals surface area contributed by atoms with Crippen LogP contribution in [0.3, 0.4) is 0 Å². The van der Waals surface area contributed by atoms with Crippen LogP contribution in [0.5, 0.6) is 17.2 Å². The number of hydrogen-bond acceptors (Lipinski definition) is 7. The third-order valence-corrected chi connectivity index (χ3v) is 4.15. The fourth-order valence-corrected chi connectivity index (χ4v) is 2.82. The van der Waals surface area contributed by atoms with E-state index in [9.17, 15) is 0 Å². The fourth-order valence-electron chi connectivity index (χ4n) is 2.82. The fraction of sp³-hybridized carbons (Fsp3) is 0.238. The maximum absolute atomic E-state index is 5.39. The van der Waals surface area contributed by atoms with Crippen molar-refractivity contribution in [3.63, 3.8) is 0 Å². The Morgan fingerprint density at radius 2 is 1.50 bits per heavy atom. The van der Waals surface area contributed by atoms with E-state index in [0.717, 1.165) is 22.8 Å². The molecule has 0 unspecified atom stereocenters. The number of ether oxygens (including phenoxy) is 3. The molecule has 0 aliphatic heterocycles. The van der Waals surface area contributed by atoms with E-state index in [0.29, 0.717) is 29.7 Å². The van der Waals surface area contributed by atoms with E-state index in [2.05, 4.69) is 20.6 Å². The van der Waals surface area contributed by atoms with Gasteiger partial charge in [0.05, 0.1) is 21.3 Å². The summed E-state index contributed by atoms with van der Waals surface area (Å²) in [5, 5.41) is 6.61. The molecule has 1 aromatic heterocycles. The third kappa shape index (κ3) is 4.62. The van der Waals surface area contributed by atoms with Gasteiger partial charge in [0.25, 0.3) is 0 Å². The highest BCUT2D eigenvalue weighted by atomic mass is 16.5. The van der Waals surface area contributed by atoms with Crippen molar-refractivity contribution in [1.29, 1.82) is 0 Å². The molecule has 0 saturated heterocycles. The van der Waals surface area contributed by atoms with E-state index >= 15 is 0 Å². The molecule has 0 bridgehead atoms. The van der Waals surface area contributed by atoms with Gasteiger partial charge >= 0.3 is 0 Å². The number of rotatable bonds is 8. The van der Waals surface area contributed by atoms with Crippen LogP contribution in [0.4, 0.5) is 17.3 Å². The predicted molar refractivity (Wildman–Crippen MR) is 110 cm³/mol. The van der Waals surface area contributed by atoms with Gasteiger partial charge in [-0.05, 0) is 25.1 Å². The van der Waals surface area contributed by atoms with Crippen LogP contribution in [-0.2, 0) is 6.54 Å². The van der Waals surface area contributed by atoms with Gasteiger partial charge in [0, 0.05) is 29.9 Å². The lowest BCUT2D eigenvalue weighted by Gasteiger charge is -2.13. The van der Waals surface area contributed by atoms with E-state index in [4.69, 9.17) is 14.2 Å². The quantitative estimate of drug-likeness (QED) is 0.607. The van der Waals surface area contributed by atoms with Gasteiger partial charge < -0.3 is 24.8 Å². The number of aryl methyl sites for hydroxylation is 1. The van der Waals surface area contributed by atoms with Crippen LogP contribution in [0.25, 0.3) is 0 Å². The number of anilines is 3. The second-order valence-corrected chi connectivity index (χ2v) is 6.05. The Labute approximate surface area is 164 Å². The van der Waals surface area contributed by atoms with Crippen LogP contribution < -0.4 is 24.8 Å². The Hall–Kier alpha value is -3.48. The first-order valence-corrected chi connectivity index (χ1v) is 8.83. The van der Waals surface area contributed by atoms with Gasteiger partial charge in [-0.15, -0.1) is 0 Å². The molecule has 7 heteroatoms. The molecule has 28 heavy (non-hydrogen) atoms. The lowest BCUT2D eigenvalue weighted by atomic mass is 10.2. The molecule has 2 aromatic carbocycles. The minimum absolute atomic E-state index is 0.594. The standard InChI is InChI=1S/C21H24N4O3/c1-14-23-20(22-13-15-7-5-6-8-17(15)26-2)12-21(24-14)25-16-9-10-18(27-3)19(11-16)28-4/h5-12H,13H2,1-4H3,(H2,22,23,24,25). The van der Waals surface area contributed by atoms with Crippen LogP contribution >= 0.6 is 0 Å². The van der Waals surface area contributed by atoms with Gasteiger partial charge in [-0.25, -0.2) is 9.97 Å². The van der Waals surface area contributed by atoms with Crippen LogP contribution in [0.15, 0.2) is 48.5 Å². The molecule has 2 N–H and O–H groups in total. The zero-order chi connectivity index (χ0) is 19.9. The molecule has 146 valence electrons. The normalized spacial score (nSPS) is 10.3. The average molecular weight is 380 g/mol. The first-order chi connectivity index (χ1) is 13.6. The minimum atomic E-state index is 0.594. The lowest BCUT2D eigenvalue weighted by molar-refractivity contribution is 0.355. The second kappa shape index (κ2) is 8.94. The smallest absolute Gasteiger partial charge is 0.162 e. The van der Waals surface area contributed by atoms with E-state index in [-0.39, 0.29) is 0 Å². The molecule has 0 atom stereocenters. The van der Waals surface area contributed by atoms with Crippen LogP contribution in [0, 0.1) is 6.92 Å². The Balaban J connectivity index is 1.76. The molecular formula is C21H24N4O3. The predicted octanol–water partition coefficient (Wildman–Crippen LogP) is 4.17. The number of aromatic nitrogens is 2. The number of hydrogen-bond donors (Lipinski definition) is 2. The average Bonchev–Trinajstić information content (AvgIpc) is 2.72. The molecule has 0 fully saturated rings. The molecule has 0 amide bonds. The molecule has 7 nitrogen and oxygen atoms in total. The molecule has 0 aliphatic rings. The monoisotopic (exact) mass is 380 g/mol. The molecule has 3 aromatic rings. The highest BCUT2D eigenvalue weighted by Gasteiger charge is 2.08. The summed E-state index contributed by atoms with van der Waals surface area (Å²) in [7, 11) is 4.88. The molecule has 3 rings (SSSR count). The van der Waals surface area contributed by atoms with Crippen molar-refractivity contribution in [2.75, 3.05) is 32.0 Å². The second-order valence-electron chi connectivity index (χ2n) is 6.05. The molecular weight excluding hydrogens is 356 g/mol. The highest BCUT2D eigenvalue weighted by Crippen LogP contribution is 2.31. The highest BCUT2D eigenvalue weighted by molar-refractivity contribution is 5.63. The molecule has 1 heterocycles. The first-order valence-electron chi connectivity index (χ1n) is 8.83. The molecule has 0 aliphatic carbocycles. The van der Waals surface area contributed by atoms with Crippen molar-refractivity contribution in [2.45, 2.75) is 13.5 Å². The van der Waals surface area contributed by atoms with Gasteiger partial charge in [0.1, 0.15) is 23.2 Å². The summed E-state index contributed by atoms with van der Waals surface area (Å²) in [6, 6.07) is 15.3. The summed E-state index contributed by atoms with van der Waals surface area (Å²) in [6.45, 7) is 2.45. The van der Waals surface area contributed by atoms with Gasteiger partial charge in [0.15, 0.2) is 11.5 Å². The van der Waals surface area contributed by atoms with Crippen LogP contribution in [0.2, 0.25) is 0 Å². The zero-order valence-corrected chi connectivity index (χ0v) is 16.4. The number of para-hydroxylation sites is 1.